The Labute approximate surface area is 95.4 Å². The lowest BCUT2D eigenvalue weighted by atomic mass is 9.90. The Bertz CT molecular complexity index is 397. The molecule has 2 rings (SSSR count). The molecule has 0 radical (unpaired) electrons. The zero-order valence-corrected chi connectivity index (χ0v) is 9.87. The Morgan fingerprint density at radius 2 is 1.69 bits per heavy atom. The molecular formula is C13H16O3. The fourth-order valence-corrected chi connectivity index (χ4v) is 2.23. The number of ketones is 1. The summed E-state index contributed by atoms with van der Waals surface area (Å²) >= 11 is 0. The maximum absolute atomic E-state index is 11.8. The topological polar surface area (TPSA) is 35.5 Å². The van der Waals surface area contributed by atoms with Gasteiger partial charge in [-0.15, -0.1) is 0 Å². The van der Waals surface area contributed by atoms with Crippen molar-refractivity contribution in [3.8, 4) is 11.5 Å². The molecule has 0 aliphatic heterocycles. The molecule has 1 saturated carbocycles. The van der Waals surface area contributed by atoms with Crippen molar-refractivity contribution in [2.75, 3.05) is 14.2 Å². The highest BCUT2D eigenvalue weighted by molar-refractivity contribution is 5.92. The van der Waals surface area contributed by atoms with E-state index in [-0.39, 0.29) is 11.2 Å². The van der Waals surface area contributed by atoms with Gasteiger partial charge in [0, 0.05) is 5.56 Å². The summed E-state index contributed by atoms with van der Waals surface area (Å²) in [6.07, 6.45) is 1.78. The number of carbonyl (C=O) groups is 1. The van der Waals surface area contributed by atoms with Gasteiger partial charge in [0.1, 0.15) is 17.3 Å². The lowest BCUT2D eigenvalue weighted by Gasteiger charge is -2.19. The molecule has 3 nitrogen and oxygen atoms in total. The van der Waals surface area contributed by atoms with Gasteiger partial charge in [-0.3, -0.25) is 4.79 Å². The minimum atomic E-state index is -0.363. The van der Waals surface area contributed by atoms with E-state index in [1.807, 2.05) is 18.2 Å². The van der Waals surface area contributed by atoms with Crippen LogP contribution in [-0.2, 0) is 10.2 Å². The molecule has 1 aliphatic carbocycles. The summed E-state index contributed by atoms with van der Waals surface area (Å²) in [6.45, 7) is 1.64. The number of Topliss-reactive ketones (excluding diaryl/α,β-unsaturated/α-hetero) is 1. The standard InChI is InChI=1S/C13H16O3/c1-9(14)13(7-8-13)12-10(15-2)5-4-6-11(12)16-3/h4-6H,7-8H2,1-3H3. The second kappa shape index (κ2) is 3.81. The van der Waals surface area contributed by atoms with E-state index >= 15 is 0 Å². The summed E-state index contributed by atoms with van der Waals surface area (Å²) in [5.41, 5.74) is 0.547. The van der Waals surface area contributed by atoms with Crippen LogP contribution in [-0.4, -0.2) is 20.0 Å². The molecule has 0 unspecified atom stereocenters. The van der Waals surface area contributed by atoms with Crippen LogP contribution in [0.3, 0.4) is 0 Å². The van der Waals surface area contributed by atoms with Gasteiger partial charge in [0.2, 0.25) is 0 Å². The molecule has 0 N–H and O–H groups in total. The van der Waals surface area contributed by atoms with E-state index in [2.05, 4.69) is 0 Å². The van der Waals surface area contributed by atoms with Gasteiger partial charge >= 0.3 is 0 Å². The quantitative estimate of drug-likeness (QED) is 0.781. The van der Waals surface area contributed by atoms with Crippen LogP contribution in [0.5, 0.6) is 11.5 Å². The van der Waals surface area contributed by atoms with Crippen molar-refractivity contribution in [1.82, 2.24) is 0 Å². The van der Waals surface area contributed by atoms with Crippen LogP contribution in [0.2, 0.25) is 0 Å². The highest BCUT2D eigenvalue weighted by Gasteiger charge is 2.52. The van der Waals surface area contributed by atoms with Gasteiger partial charge < -0.3 is 9.47 Å². The van der Waals surface area contributed by atoms with Gasteiger partial charge in [-0.1, -0.05) is 6.07 Å². The van der Waals surface area contributed by atoms with Crippen LogP contribution >= 0.6 is 0 Å². The first-order valence-electron chi connectivity index (χ1n) is 5.38. The van der Waals surface area contributed by atoms with E-state index in [1.165, 1.54) is 0 Å². The van der Waals surface area contributed by atoms with Crippen molar-refractivity contribution in [3.05, 3.63) is 23.8 Å². The van der Waals surface area contributed by atoms with Gasteiger partial charge in [-0.25, -0.2) is 0 Å². The number of rotatable bonds is 4. The van der Waals surface area contributed by atoms with Gasteiger partial charge in [0.05, 0.1) is 19.6 Å². The van der Waals surface area contributed by atoms with Gasteiger partial charge in [-0.05, 0) is 31.9 Å². The predicted molar refractivity (Wildman–Crippen MR) is 61.1 cm³/mol. The minimum Gasteiger partial charge on any atom is -0.496 e. The average molecular weight is 220 g/mol. The summed E-state index contributed by atoms with van der Waals surface area (Å²) < 4.78 is 10.7. The smallest absolute Gasteiger partial charge is 0.140 e. The zero-order chi connectivity index (χ0) is 11.8. The number of hydrogen-bond donors (Lipinski definition) is 0. The molecule has 1 aromatic rings. The van der Waals surface area contributed by atoms with Crippen molar-refractivity contribution in [2.45, 2.75) is 25.2 Å². The van der Waals surface area contributed by atoms with Crippen LogP contribution in [0.4, 0.5) is 0 Å². The highest BCUT2D eigenvalue weighted by Crippen LogP contribution is 2.55. The molecule has 1 aromatic carbocycles. The first-order chi connectivity index (χ1) is 7.65. The Kier molecular flexibility index (Phi) is 2.62. The molecule has 1 fully saturated rings. The molecule has 86 valence electrons. The third-order valence-corrected chi connectivity index (χ3v) is 3.33. The van der Waals surface area contributed by atoms with E-state index in [0.717, 1.165) is 29.9 Å². The Hall–Kier alpha value is -1.51. The number of benzene rings is 1. The van der Waals surface area contributed by atoms with Crippen LogP contribution in [0.15, 0.2) is 18.2 Å². The van der Waals surface area contributed by atoms with Gasteiger partial charge in [0.25, 0.3) is 0 Å². The second-order valence-corrected chi connectivity index (χ2v) is 4.18. The predicted octanol–water partition coefficient (Wildman–Crippen LogP) is 2.32. The lowest BCUT2D eigenvalue weighted by molar-refractivity contribution is -0.119. The van der Waals surface area contributed by atoms with E-state index in [1.54, 1.807) is 21.1 Å². The summed E-state index contributed by atoms with van der Waals surface area (Å²) in [6, 6.07) is 5.62. The Balaban J connectivity index is 2.57. The van der Waals surface area contributed by atoms with E-state index < -0.39 is 0 Å². The summed E-state index contributed by atoms with van der Waals surface area (Å²) in [7, 11) is 3.24. The maximum atomic E-state index is 11.8. The van der Waals surface area contributed by atoms with Gasteiger partial charge in [0.15, 0.2) is 0 Å². The van der Waals surface area contributed by atoms with Gasteiger partial charge in [-0.2, -0.15) is 0 Å². The number of hydrogen-bond acceptors (Lipinski definition) is 3. The van der Waals surface area contributed by atoms with Crippen LogP contribution in [0, 0.1) is 0 Å². The highest BCUT2D eigenvalue weighted by atomic mass is 16.5. The molecule has 0 saturated heterocycles. The number of methoxy groups -OCH3 is 2. The summed E-state index contributed by atoms with van der Waals surface area (Å²) in [4.78, 5) is 11.8. The first kappa shape index (κ1) is 11.0. The second-order valence-electron chi connectivity index (χ2n) is 4.18. The van der Waals surface area contributed by atoms with Crippen molar-refractivity contribution in [3.63, 3.8) is 0 Å². The fraction of sp³-hybridized carbons (Fsp3) is 0.462. The van der Waals surface area contributed by atoms with Crippen LogP contribution in [0.25, 0.3) is 0 Å². The minimum absolute atomic E-state index is 0.190. The number of ether oxygens (including phenoxy) is 2. The van der Waals surface area contributed by atoms with Crippen LogP contribution in [0.1, 0.15) is 25.3 Å². The third-order valence-electron chi connectivity index (χ3n) is 3.33. The van der Waals surface area contributed by atoms with Crippen molar-refractivity contribution in [1.29, 1.82) is 0 Å². The molecule has 0 spiro atoms. The van der Waals surface area contributed by atoms with E-state index in [9.17, 15) is 4.79 Å². The molecule has 3 heteroatoms. The monoisotopic (exact) mass is 220 g/mol. The molecule has 0 atom stereocenters. The van der Waals surface area contributed by atoms with Crippen molar-refractivity contribution < 1.29 is 14.3 Å². The van der Waals surface area contributed by atoms with Crippen LogP contribution < -0.4 is 9.47 Å². The summed E-state index contributed by atoms with van der Waals surface area (Å²) in [5, 5.41) is 0. The Morgan fingerprint density at radius 1 is 1.19 bits per heavy atom. The normalized spacial score (nSPS) is 16.7. The molecular weight excluding hydrogens is 204 g/mol. The molecule has 0 aromatic heterocycles. The SMILES string of the molecule is COc1cccc(OC)c1C1(C(C)=O)CC1. The molecule has 1 aliphatic rings. The lowest BCUT2D eigenvalue weighted by Crippen LogP contribution is -2.19. The van der Waals surface area contributed by atoms with Crippen molar-refractivity contribution >= 4 is 5.78 Å². The largest absolute Gasteiger partial charge is 0.496 e. The molecule has 0 bridgehead atoms. The van der Waals surface area contributed by atoms with E-state index in [0.29, 0.717) is 0 Å². The summed E-state index contributed by atoms with van der Waals surface area (Å²) in [5.74, 6) is 1.68. The fourth-order valence-electron chi connectivity index (χ4n) is 2.23. The molecule has 0 heterocycles. The zero-order valence-electron chi connectivity index (χ0n) is 9.87. The first-order valence-corrected chi connectivity index (χ1v) is 5.38. The maximum Gasteiger partial charge on any atom is 0.140 e. The molecule has 16 heavy (non-hydrogen) atoms. The molecule has 0 amide bonds. The Morgan fingerprint density at radius 3 is 2.00 bits per heavy atom. The number of carbonyl (C=O) groups excluding carboxylic acids is 1. The average Bonchev–Trinajstić information content (AvgIpc) is 3.09. The third kappa shape index (κ3) is 1.47. The van der Waals surface area contributed by atoms with Crippen molar-refractivity contribution in [2.24, 2.45) is 0 Å². The van der Waals surface area contributed by atoms with E-state index in [4.69, 9.17) is 9.47 Å².